The number of carbonyl (C=O) groups is 1. The highest BCUT2D eigenvalue weighted by molar-refractivity contribution is 7.91. The molecule has 0 atom stereocenters. The lowest BCUT2D eigenvalue weighted by Gasteiger charge is -2.34. The van der Waals surface area contributed by atoms with Crippen molar-refractivity contribution < 1.29 is 17.9 Å². The first kappa shape index (κ1) is 22.8. The third-order valence-corrected chi connectivity index (χ3v) is 8.64. The summed E-state index contributed by atoms with van der Waals surface area (Å²) in [6.45, 7) is 4.21. The van der Waals surface area contributed by atoms with E-state index in [0.29, 0.717) is 37.0 Å². The first-order chi connectivity index (χ1) is 15.3. The van der Waals surface area contributed by atoms with Gasteiger partial charge in [0.05, 0.1) is 27.5 Å². The highest BCUT2D eigenvalue weighted by Crippen LogP contribution is 2.38. The van der Waals surface area contributed by atoms with Crippen LogP contribution in [-0.4, -0.2) is 63.3 Å². The van der Waals surface area contributed by atoms with Crippen molar-refractivity contribution in [1.29, 1.82) is 0 Å². The van der Waals surface area contributed by atoms with E-state index in [0.717, 1.165) is 20.9 Å². The number of carbonyl (C=O) groups excluding carboxylic acids is 1. The monoisotopic (exact) mass is 493 g/mol. The van der Waals surface area contributed by atoms with Gasteiger partial charge in [-0.3, -0.25) is 4.79 Å². The number of amides is 1. The van der Waals surface area contributed by atoms with Crippen LogP contribution in [0.1, 0.15) is 12.0 Å². The number of piperazine rings is 1. The fraction of sp³-hybridized carbons (Fsp3) is 0.364. The molecule has 1 amide bonds. The van der Waals surface area contributed by atoms with Crippen molar-refractivity contribution >= 4 is 54.0 Å². The van der Waals surface area contributed by atoms with E-state index in [1.807, 2.05) is 13.0 Å². The van der Waals surface area contributed by atoms with Gasteiger partial charge < -0.3 is 14.5 Å². The zero-order valence-electron chi connectivity index (χ0n) is 17.9. The minimum absolute atomic E-state index is 0.0208. The molecule has 0 unspecified atom stereocenters. The molecule has 1 aromatic heterocycles. The van der Waals surface area contributed by atoms with Crippen LogP contribution in [0.3, 0.4) is 0 Å². The third kappa shape index (κ3) is 4.69. The number of fused-ring (bicyclic) bond motifs is 1. The van der Waals surface area contributed by atoms with Gasteiger partial charge in [0.2, 0.25) is 5.91 Å². The van der Waals surface area contributed by atoms with Crippen LogP contribution >= 0.6 is 22.9 Å². The van der Waals surface area contributed by atoms with Gasteiger partial charge in [0, 0.05) is 32.6 Å². The van der Waals surface area contributed by atoms with Crippen LogP contribution in [0.5, 0.6) is 5.75 Å². The number of benzene rings is 2. The number of methoxy groups -OCH3 is 1. The second kappa shape index (κ2) is 9.25. The molecule has 0 radical (unpaired) electrons. The number of hydrogen-bond acceptors (Lipinski definition) is 7. The molecule has 10 heteroatoms. The molecule has 2 heterocycles. The molecular formula is C22H24ClN3O4S2. The van der Waals surface area contributed by atoms with Gasteiger partial charge in [-0.05, 0) is 31.2 Å². The van der Waals surface area contributed by atoms with Gasteiger partial charge in [-0.25, -0.2) is 13.4 Å². The molecule has 0 bridgehead atoms. The van der Waals surface area contributed by atoms with E-state index in [1.54, 1.807) is 53.7 Å². The molecule has 0 aliphatic carbocycles. The molecule has 2 aromatic carbocycles. The molecule has 0 N–H and O–H groups in total. The topological polar surface area (TPSA) is 79.8 Å². The van der Waals surface area contributed by atoms with Crippen molar-refractivity contribution in [3.63, 3.8) is 0 Å². The Morgan fingerprint density at radius 3 is 2.47 bits per heavy atom. The molecule has 1 aliphatic heterocycles. The first-order valence-electron chi connectivity index (χ1n) is 10.2. The van der Waals surface area contributed by atoms with Crippen molar-refractivity contribution in [2.24, 2.45) is 0 Å². The number of nitrogens with zero attached hydrogens (tertiary/aromatic N) is 3. The smallest absolute Gasteiger partial charge is 0.223 e. The Balaban J connectivity index is 1.36. The molecule has 3 aromatic rings. The number of ether oxygens (including phenoxy) is 1. The van der Waals surface area contributed by atoms with Crippen LogP contribution in [0, 0.1) is 6.92 Å². The standard InChI is InChI=1S/C22H24ClN3O4S2/c1-15-3-5-16(6-4-15)32(28,29)14-9-19(27)25-10-12-26(13-11-25)22-24-20-18(31-22)8-7-17(23)21(20)30-2/h3-8H,9-14H2,1-2H3. The molecular weight excluding hydrogens is 470 g/mol. The Labute approximate surface area is 196 Å². The number of sulfone groups is 1. The van der Waals surface area contributed by atoms with Crippen LogP contribution in [0.15, 0.2) is 41.3 Å². The van der Waals surface area contributed by atoms with E-state index < -0.39 is 9.84 Å². The molecule has 1 aliphatic rings. The lowest BCUT2D eigenvalue weighted by Crippen LogP contribution is -2.49. The van der Waals surface area contributed by atoms with Crippen LogP contribution in [0.25, 0.3) is 10.2 Å². The van der Waals surface area contributed by atoms with Gasteiger partial charge in [0.1, 0.15) is 5.52 Å². The zero-order valence-corrected chi connectivity index (χ0v) is 20.3. The van der Waals surface area contributed by atoms with E-state index >= 15 is 0 Å². The van der Waals surface area contributed by atoms with Crippen LogP contribution in [-0.2, 0) is 14.6 Å². The summed E-state index contributed by atoms with van der Waals surface area (Å²) in [6, 6.07) is 10.4. The van der Waals surface area contributed by atoms with Gasteiger partial charge in [0.25, 0.3) is 0 Å². The van der Waals surface area contributed by atoms with Gasteiger partial charge >= 0.3 is 0 Å². The van der Waals surface area contributed by atoms with Gasteiger partial charge in [-0.15, -0.1) is 0 Å². The van der Waals surface area contributed by atoms with E-state index in [4.69, 9.17) is 21.3 Å². The lowest BCUT2D eigenvalue weighted by molar-refractivity contribution is -0.131. The summed E-state index contributed by atoms with van der Waals surface area (Å²) in [5.41, 5.74) is 1.73. The van der Waals surface area contributed by atoms with Crippen molar-refractivity contribution in [3.05, 3.63) is 47.0 Å². The second-order valence-electron chi connectivity index (χ2n) is 7.67. The summed E-state index contributed by atoms with van der Waals surface area (Å²) < 4.78 is 31.4. The predicted molar refractivity (Wildman–Crippen MR) is 128 cm³/mol. The summed E-state index contributed by atoms with van der Waals surface area (Å²) in [6.07, 6.45) is -0.0208. The van der Waals surface area contributed by atoms with E-state index in [1.165, 1.54) is 0 Å². The number of halogens is 1. The van der Waals surface area contributed by atoms with Crippen LogP contribution in [0.2, 0.25) is 5.02 Å². The number of anilines is 1. The van der Waals surface area contributed by atoms with Gasteiger partial charge in [0.15, 0.2) is 20.7 Å². The average molecular weight is 494 g/mol. The normalized spacial score (nSPS) is 14.7. The maximum atomic E-state index is 12.6. The Bertz CT molecular complexity index is 1230. The minimum atomic E-state index is -3.48. The SMILES string of the molecule is COc1c(Cl)ccc2sc(N3CCN(C(=O)CCS(=O)(=O)c4ccc(C)cc4)CC3)nc12. The summed E-state index contributed by atoms with van der Waals surface area (Å²) in [4.78, 5) is 21.4. The van der Waals surface area contributed by atoms with Crippen LogP contribution in [0.4, 0.5) is 5.13 Å². The summed E-state index contributed by atoms with van der Waals surface area (Å²) in [5.74, 6) is 0.237. The van der Waals surface area contributed by atoms with E-state index in [-0.39, 0.29) is 23.0 Å². The Morgan fingerprint density at radius 2 is 1.81 bits per heavy atom. The molecule has 0 saturated carbocycles. The molecule has 0 spiro atoms. The lowest BCUT2D eigenvalue weighted by atomic mass is 10.2. The second-order valence-corrected chi connectivity index (χ2v) is 11.2. The summed E-state index contributed by atoms with van der Waals surface area (Å²) in [5, 5.41) is 1.38. The quantitative estimate of drug-likeness (QED) is 0.520. The Morgan fingerprint density at radius 1 is 1.12 bits per heavy atom. The Hall–Kier alpha value is -2.36. The fourth-order valence-electron chi connectivity index (χ4n) is 3.65. The minimum Gasteiger partial charge on any atom is -0.493 e. The third-order valence-electron chi connectivity index (χ3n) is 5.53. The average Bonchev–Trinajstić information content (AvgIpc) is 3.22. The number of rotatable bonds is 6. The molecule has 1 fully saturated rings. The number of hydrogen-bond donors (Lipinski definition) is 0. The van der Waals surface area contributed by atoms with Gasteiger partial charge in [-0.1, -0.05) is 40.6 Å². The highest BCUT2D eigenvalue weighted by Gasteiger charge is 2.25. The molecule has 32 heavy (non-hydrogen) atoms. The predicted octanol–water partition coefficient (Wildman–Crippen LogP) is 3.78. The summed E-state index contributed by atoms with van der Waals surface area (Å²) >= 11 is 7.76. The maximum absolute atomic E-state index is 12.6. The summed E-state index contributed by atoms with van der Waals surface area (Å²) in [7, 11) is -1.91. The molecule has 4 rings (SSSR count). The van der Waals surface area contributed by atoms with Gasteiger partial charge in [-0.2, -0.15) is 0 Å². The van der Waals surface area contributed by atoms with Crippen molar-refractivity contribution in [2.45, 2.75) is 18.2 Å². The van der Waals surface area contributed by atoms with Crippen molar-refractivity contribution in [2.75, 3.05) is 43.9 Å². The van der Waals surface area contributed by atoms with E-state index in [9.17, 15) is 13.2 Å². The Kier molecular flexibility index (Phi) is 6.60. The van der Waals surface area contributed by atoms with Crippen LogP contribution < -0.4 is 9.64 Å². The highest BCUT2D eigenvalue weighted by atomic mass is 35.5. The zero-order chi connectivity index (χ0) is 22.9. The van der Waals surface area contributed by atoms with Crippen molar-refractivity contribution in [1.82, 2.24) is 9.88 Å². The maximum Gasteiger partial charge on any atom is 0.223 e. The molecule has 170 valence electrons. The molecule has 7 nitrogen and oxygen atoms in total. The molecule has 1 saturated heterocycles. The number of aromatic nitrogens is 1. The first-order valence-corrected chi connectivity index (χ1v) is 13.1. The fourth-order valence-corrected chi connectivity index (χ4v) is 6.13. The van der Waals surface area contributed by atoms with Crippen molar-refractivity contribution in [3.8, 4) is 5.75 Å². The number of thiazole rings is 1. The number of aryl methyl sites for hydroxylation is 1. The largest absolute Gasteiger partial charge is 0.493 e. The van der Waals surface area contributed by atoms with E-state index in [2.05, 4.69) is 4.90 Å².